The van der Waals surface area contributed by atoms with Crippen molar-refractivity contribution in [3.05, 3.63) is 18.5 Å². The molecule has 116 valence electrons. The van der Waals surface area contributed by atoms with Crippen LogP contribution in [0.4, 0.5) is 5.69 Å². The van der Waals surface area contributed by atoms with Gasteiger partial charge in [0, 0.05) is 31.8 Å². The molecule has 21 heavy (non-hydrogen) atoms. The van der Waals surface area contributed by atoms with E-state index in [9.17, 15) is 0 Å². The fourth-order valence-corrected chi connectivity index (χ4v) is 3.24. The molecule has 0 radical (unpaired) electrons. The quantitative estimate of drug-likeness (QED) is 0.830. The van der Waals surface area contributed by atoms with E-state index in [1.54, 1.807) is 6.20 Å². The molecule has 3 heterocycles. The van der Waals surface area contributed by atoms with Crippen molar-refractivity contribution in [2.75, 3.05) is 37.7 Å². The lowest BCUT2D eigenvalue weighted by atomic mass is 10.1. The molecule has 0 aromatic carbocycles. The number of ether oxygens (including phenoxy) is 1. The van der Waals surface area contributed by atoms with Crippen LogP contribution in [0.3, 0.4) is 0 Å². The molecule has 2 atom stereocenters. The molecule has 5 heteroatoms. The Kier molecular flexibility index (Phi) is 4.93. The maximum atomic E-state index is 9.04. The minimum Gasteiger partial charge on any atom is -0.490 e. The van der Waals surface area contributed by atoms with E-state index in [2.05, 4.69) is 21.3 Å². The third kappa shape index (κ3) is 3.86. The highest BCUT2D eigenvalue weighted by Gasteiger charge is 2.22. The molecule has 0 amide bonds. The Balaban J connectivity index is 1.55. The van der Waals surface area contributed by atoms with Crippen molar-refractivity contribution in [3.63, 3.8) is 0 Å². The number of aliphatic hydroxyl groups is 1. The van der Waals surface area contributed by atoms with Crippen LogP contribution in [0.5, 0.6) is 5.75 Å². The Labute approximate surface area is 126 Å². The van der Waals surface area contributed by atoms with E-state index >= 15 is 0 Å². The second-order valence-corrected chi connectivity index (χ2v) is 6.10. The first-order valence-corrected chi connectivity index (χ1v) is 8.02. The maximum absolute atomic E-state index is 9.04. The van der Waals surface area contributed by atoms with Crippen molar-refractivity contribution in [3.8, 4) is 5.75 Å². The van der Waals surface area contributed by atoms with Crippen molar-refractivity contribution in [2.45, 2.75) is 31.7 Å². The Morgan fingerprint density at radius 1 is 1.38 bits per heavy atom. The zero-order valence-corrected chi connectivity index (χ0v) is 12.5. The van der Waals surface area contributed by atoms with E-state index in [4.69, 9.17) is 9.84 Å². The number of pyridine rings is 1. The van der Waals surface area contributed by atoms with Gasteiger partial charge in [0.1, 0.15) is 12.4 Å². The summed E-state index contributed by atoms with van der Waals surface area (Å²) in [6.07, 6.45) is 8.18. The molecule has 1 aromatic rings. The Morgan fingerprint density at radius 3 is 3.14 bits per heavy atom. The fourth-order valence-electron chi connectivity index (χ4n) is 3.24. The number of nitrogens with one attached hydrogen (secondary N) is 1. The molecule has 5 nitrogen and oxygen atoms in total. The van der Waals surface area contributed by atoms with E-state index in [1.807, 2.05) is 6.20 Å². The number of aromatic nitrogens is 1. The van der Waals surface area contributed by atoms with E-state index in [-0.39, 0.29) is 6.61 Å². The molecule has 3 rings (SSSR count). The third-order valence-corrected chi connectivity index (χ3v) is 4.50. The average Bonchev–Trinajstić information content (AvgIpc) is 3.17. The van der Waals surface area contributed by atoms with Gasteiger partial charge in [0.25, 0.3) is 0 Å². The first kappa shape index (κ1) is 14.6. The van der Waals surface area contributed by atoms with Crippen LogP contribution >= 0.6 is 0 Å². The van der Waals surface area contributed by atoms with Crippen LogP contribution in [0.25, 0.3) is 0 Å². The molecule has 1 aromatic heterocycles. The Morgan fingerprint density at radius 2 is 2.33 bits per heavy atom. The molecule has 0 bridgehead atoms. The van der Waals surface area contributed by atoms with E-state index in [0.29, 0.717) is 12.0 Å². The highest BCUT2D eigenvalue weighted by atomic mass is 16.5. The summed E-state index contributed by atoms with van der Waals surface area (Å²) in [6.45, 7) is 4.16. The normalized spacial score (nSPS) is 25.5. The van der Waals surface area contributed by atoms with Gasteiger partial charge < -0.3 is 20.1 Å². The molecule has 0 aliphatic carbocycles. The van der Waals surface area contributed by atoms with Crippen LogP contribution in [0, 0.1) is 5.92 Å². The molecule has 2 aliphatic heterocycles. The summed E-state index contributed by atoms with van der Waals surface area (Å²) in [5, 5.41) is 12.5. The third-order valence-electron chi connectivity index (χ3n) is 4.50. The summed E-state index contributed by atoms with van der Waals surface area (Å²) in [5.41, 5.74) is 1.13. The van der Waals surface area contributed by atoms with Crippen molar-refractivity contribution in [2.24, 2.45) is 5.92 Å². The highest BCUT2D eigenvalue weighted by molar-refractivity contribution is 5.49. The van der Waals surface area contributed by atoms with Crippen molar-refractivity contribution in [1.29, 1.82) is 0 Å². The summed E-state index contributed by atoms with van der Waals surface area (Å²) < 4.78 is 5.87. The molecular formula is C16H25N3O2. The van der Waals surface area contributed by atoms with Crippen LogP contribution in [-0.2, 0) is 0 Å². The van der Waals surface area contributed by atoms with Gasteiger partial charge >= 0.3 is 0 Å². The van der Waals surface area contributed by atoms with Crippen LogP contribution < -0.4 is 15.0 Å². The standard InChI is InChI=1S/C16H25N3O2/c20-7-4-13-3-6-19(11-13)15-8-16(10-17-9-15)21-12-14-2-1-5-18-14/h8-10,13-14,18,20H,1-7,11-12H2. The summed E-state index contributed by atoms with van der Waals surface area (Å²) in [4.78, 5) is 6.65. The summed E-state index contributed by atoms with van der Waals surface area (Å²) in [7, 11) is 0. The molecule has 2 aliphatic rings. The molecule has 0 saturated carbocycles. The highest BCUT2D eigenvalue weighted by Crippen LogP contribution is 2.27. The van der Waals surface area contributed by atoms with Gasteiger partial charge in [-0.1, -0.05) is 0 Å². The summed E-state index contributed by atoms with van der Waals surface area (Å²) >= 11 is 0. The number of hydrogen-bond donors (Lipinski definition) is 2. The van der Waals surface area contributed by atoms with Crippen LogP contribution in [0.15, 0.2) is 18.5 Å². The van der Waals surface area contributed by atoms with E-state index < -0.39 is 0 Å². The van der Waals surface area contributed by atoms with Gasteiger partial charge in [0.15, 0.2) is 0 Å². The summed E-state index contributed by atoms with van der Waals surface area (Å²) in [6, 6.07) is 2.57. The lowest BCUT2D eigenvalue weighted by Gasteiger charge is -2.19. The number of rotatable bonds is 6. The molecule has 2 unspecified atom stereocenters. The topological polar surface area (TPSA) is 57.6 Å². The number of anilines is 1. The molecule has 2 saturated heterocycles. The van der Waals surface area contributed by atoms with Crippen LogP contribution in [0.1, 0.15) is 25.7 Å². The minimum atomic E-state index is 0.286. The van der Waals surface area contributed by atoms with Crippen LogP contribution in [0.2, 0.25) is 0 Å². The first-order chi connectivity index (χ1) is 10.3. The van der Waals surface area contributed by atoms with Gasteiger partial charge in [-0.25, -0.2) is 0 Å². The van der Waals surface area contributed by atoms with E-state index in [0.717, 1.165) is 50.5 Å². The lowest BCUT2D eigenvalue weighted by Crippen LogP contribution is -2.28. The maximum Gasteiger partial charge on any atom is 0.139 e. The Hall–Kier alpha value is -1.33. The zero-order chi connectivity index (χ0) is 14.5. The predicted molar refractivity (Wildman–Crippen MR) is 82.8 cm³/mol. The van der Waals surface area contributed by atoms with E-state index in [1.165, 1.54) is 12.8 Å². The van der Waals surface area contributed by atoms with Gasteiger partial charge in [-0.15, -0.1) is 0 Å². The average molecular weight is 291 g/mol. The second kappa shape index (κ2) is 7.09. The molecular weight excluding hydrogens is 266 g/mol. The zero-order valence-electron chi connectivity index (χ0n) is 12.5. The molecule has 2 N–H and O–H groups in total. The smallest absolute Gasteiger partial charge is 0.139 e. The Bertz CT molecular complexity index is 449. The van der Waals surface area contributed by atoms with Crippen LogP contribution in [-0.4, -0.2) is 49.0 Å². The summed E-state index contributed by atoms with van der Waals surface area (Å²) in [5.74, 6) is 1.45. The van der Waals surface area contributed by atoms with Gasteiger partial charge in [0.2, 0.25) is 0 Å². The van der Waals surface area contributed by atoms with Gasteiger partial charge in [0.05, 0.1) is 18.1 Å². The lowest BCUT2D eigenvalue weighted by molar-refractivity contribution is 0.263. The van der Waals surface area contributed by atoms with Gasteiger partial charge in [-0.05, 0) is 38.1 Å². The molecule has 0 spiro atoms. The second-order valence-electron chi connectivity index (χ2n) is 6.10. The minimum absolute atomic E-state index is 0.286. The number of hydrogen-bond acceptors (Lipinski definition) is 5. The SMILES string of the molecule is OCCC1CCN(c2cncc(OCC3CCCN3)c2)C1. The van der Waals surface area contributed by atoms with Crippen molar-refractivity contribution < 1.29 is 9.84 Å². The van der Waals surface area contributed by atoms with Crippen molar-refractivity contribution in [1.82, 2.24) is 10.3 Å². The monoisotopic (exact) mass is 291 g/mol. The number of nitrogens with zero attached hydrogens (tertiary/aromatic N) is 2. The fraction of sp³-hybridized carbons (Fsp3) is 0.688. The van der Waals surface area contributed by atoms with Gasteiger partial charge in [-0.3, -0.25) is 4.98 Å². The number of aliphatic hydroxyl groups excluding tert-OH is 1. The predicted octanol–water partition coefficient (Wildman–Crippen LogP) is 1.42. The molecule has 2 fully saturated rings. The van der Waals surface area contributed by atoms with Gasteiger partial charge in [-0.2, -0.15) is 0 Å². The largest absolute Gasteiger partial charge is 0.490 e. The van der Waals surface area contributed by atoms with Crippen molar-refractivity contribution >= 4 is 5.69 Å². The first-order valence-electron chi connectivity index (χ1n) is 8.02.